The van der Waals surface area contributed by atoms with Gasteiger partial charge >= 0.3 is 0 Å². The lowest BCUT2D eigenvalue weighted by molar-refractivity contribution is -0.105. The highest BCUT2D eigenvalue weighted by Crippen LogP contribution is 2.47. The van der Waals surface area contributed by atoms with Crippen molar-refractivity contribution in [2.75, 3.05) is 14.2 Å². The highest BCUT2D eigenvalue weighted by molar-refractivity contribution is 5.02. The van der Waals surface area contributed by atoms with Gasteiger partial charge in [0.05, 0.1) is 5.60 Å². The molecular weight excluding hydrogens is 210 g/mol. The fraction of sp³-hybridized carbons (Fsp3) is 1.00. The van der Waals surface area contributed by atoms with E-state index < -0.39 is 0 Å². The van der Waals surface area contributed by atoms with Gasteiger partial charge in [-0.05, 0) is 56.9 Å². The summed E-state index contributed by atoms with van der Waals surface area (Å²) >= 11 is 0. The molecule has 2 nitrogen and oxygen atoms in total. The second kappa shape index (κ2) is 4.89. The lowest BCUT2D eigenvalue weighted by Gasteiger charge is -2.51. The highest BCUT2D eigenvalue weighted by Gasteiger charge is 2.47. The molecular formula is C15H29NO. The molecule has 0 aromatic rings. The van der Waals surface area contributed by atoms with Crippen molar-refractivity contribution in [1.82, 2.24) is 5.32 Å². The Kier molecular flexibility index (Phi) is 3.84. The maximum Gasteiger partial charge on any atom is 0.0833 e. The fourth-order valence-electron chi connectivity index (χ4n) is 3.69. The monoisotopic (exact) mass is 239 g/mol. The Bertz CT molecular complexity index is 248. The molecule has 0 radical (unpaired) electrons. The molecule has 2 aliphatic rings. The van der Waals surface area contributed by atoms with Gasteiger partial charge in [-0.1, -0.05) is 20.3 Å². The van der Waals surface area contributed by atoms with E-state index in [4.69, 9.17) is 4.74 Å². The number of nitrogens with one attached hydrogen (secondary N) is 1. The average molecular weight is 239 g/mol. The third-order valence-corrected chi connectivity index (χ3v) is 5.36. The zero-order valence-electron chi connectivity index (χ0n) is 12.0. The molecule has 100 valence electrons. The van der Waals surface area contributed by atoms with Gasteiger partial charge < -0.3 is 10.1 Å². The first-order valence-corrected chi connectivity index (χ1v) is 7.25. The van der Waals surface area contributed by atoms with E-state index in [0.29, 0.717) is 11.5 Å². The first kappa shape index (κ1) is 13.4. The zero-order valence-corrected chi connectivity index (χ0v) is 12.0. The Balaban J connectivity index is 2.07. The van der Waals surface area contributed by atoms with Gasteiger partial charge in [-0.2, -0.15) is 0 Å². The normalized spacial score (nSPS) is 29.6. The summed E-state index contributed by atoms with van der Waals surface area (Å²) in [5.41, 5.74) is 0.620. The van der Waals surface area contributed by atoms with E-state index in [0.717, 1.165) is 5.92 Å². The van der Waals surface area contributed by atoms with Crippen LogP contribution in [0.3, 0.4) is 0 Å². The topological polar surface area (TPSA) is 21.3 Å². The lowest BCUT2D eigenvalue weighted by Crippen LogP contribution is -2.58. The minimum atomic E-state index is 0.107. The SMILES string of the molecule is CNC(C1CCC1)C1(OC)CCC(C)(C)CC1. The van der Waals surface area contributed by atoms with Gasteiger partial charge in [0.25, 0.3) is 0 Å². The van der Waals surface area contributed by atoms with Crippen molar-refractivity contribution in [3.8, 4) is 0 Å². The molecule has 0 bridgehead atoms. The van der Waals surface area contributed by atoms with Crippen molar-refractivity contribution in [2.24, 2.45) is 11.3 Å². The Morgan fingerprint density at radius 1 is 1.12 bits per heavy atom. The number of hydrogen-bond donors (Lipinski definition) is 1. The van der Waals surface area contributed by atoms with Gasteiger partial charge in [0.15, 0.2) is 0 Å². The van der Waals surface area contributed by atoms with Crippen molar-refractivity contribution in [2.45, 2.75) is 70.4 Å². The second-order valence-corrected chi connectivity index (χ2v) is 6.89. The fourth-order valence-corrected chi connectivity index (χ4v) is 3.69. The largest absolute Gasteiger partial charge is 0.377 e. The first-order valence-electron chi connectivity index (χ1n) is 7.25. The zero-order chi connectivity index (χ0) is 12.5. The standard InChI is InChI=1S/C15H29NO/c1-14(2)8-10-15(17-4,11-9-14)13(16-3)12-6-5-7-12/h12-13,16H,5-11H2,1-4H3. The van der Waals surface area contributed by atoms with Crippen LogP contribution in [0, 0.1) is 11.3 Å². The smallest absolute Gasteiger partial charge is 0.0833 e. The van der Waals surface area contributed by atoms with Gasteiger partial charge in [0, 0.05) is 13.2 Å². The van der Waals surface area contributed by atoms with Crippen LogP contribution in [0.5, 0.6) is 0 Å². The molecule has 0 aromatic carbocycles. The number of methoxy groups -OCH3 is 1. The second-order valence-electron chi connectivity index (χ2n) is 6.89. The summed E-state index contributed by atoms with van der Waals surface area (Å²) in [6.07, 6.45) is 9.22. The predicted octanol–water partition coefficient (Wildman–Crippen LogP) is 3.36. The van der Waals surface area contributed by atoms with Crippen molar-refractivity contribution < 1.29 is 4.74 Å². The summed E-state index contributed by atoms with van der Waals surface area (Å²) < 4.78 is 6.02. The van der Waals surface area contributed by atoms with E-state index >= 15 is 0 Å². The van der Waals surface area contributed by atoms with E-state index in [1.807, 2.05) is 7.11 Å². The van der Waals surface area contributed by atoms with Gasteiger partial charge in [-0.3, -0.25) is 0 Å². The molecule has 0 spiro atoms. The van der Waals surface area contributed by atoms with Crippen LogP contribution < -0.4 is 5.32 Å². The average Bonchev–Trinajstić information content (AvgIpc) is 2.25. The highest BCUT2D eigenvalue weighted by atomic mass is 16.5. The van der Waals surface area contributed by atoms with Crippen molar-refractivity contribution in [1.29, 1.82) is 0 Å². The summed E-state index contributed by atoms with van der Waals surface area (Å²) in [4.78, 5) is 0. The molecule has 1 unspecified atom stereocenters. The maximum atomic E-state index is 6.02. The molecule has 0 heterocycles. The lowest BCUT2D eigenvalue weighted by atomic mass is 9.63. The minimum Gasteiger partial charge on any atom is -0.377 e. The van der Waals surface area contributed by atoms with Crippen LogP contribution in [0.15, 0.2) is 0 Å². The minimum absolute atomic E-state index is 0.107. The Morgan fingerprint density at radius 3 is 2.06 bits per heavy atom. The van der Waals surface area contributed by atoms with Gasteiger partial charge in [0.1, 0.15) is 0 Å². The van der Waals surface area contributed by atoms with E-state index in [1.165, 1.54) is 44.9 Å². The van der Waals surface area contributed by atoms with E-state index in [-0.39, 0.29) is 5.60 Å². The Labute approximate surface area is 107 Å². The molecule has 0 saturated heterocycles. The van der Waals surface area contributed by atoms with Crippen LogP contribution in [-0.4, -0.2) is 25.8 Å². The van der Waals surface area contributed by atoms with Crippen LogP contribution >= 0.6 is 0 Å². The molecule has 0 aromatic heterocycles. The number of ether oxygens (including phenoxy) is 1. The van der Waals surface area contributed by atoms with Crippen LogP contribution in [-0.2, 0) is 4.74 Å². The van der Waals surface area contributed by atoms with E-state index in [1.54, 1.807) is 0 Å². The first-order chi connectivity index (χ1) is 8.03. The summed E-state index contributed by atoms with van der Waals surface area (Å²) in [7, 11) is 4.03. The van der Waals surface area contributed by atoms with Crippen molar-refractivity contribution >= 4 is 0 Å². The Morgan fingerprint density at radius 2 is 1.71 bits per heavy atom. The van der Waals surface area contributed by atoms with Gasteiger partial charge in [-0.15, -0.1) is 0 Å². The number of likely N-dealkylation sites (N-methyl/N-ethyl adjacent to an activating group) is 1. The molecule has 1 N–H and O–H groups in total. The van der Waals surface area contributed by atoms with Crippen molar-refractivity contribution in [3.63, 3.8) is 0 Å². The molecule has 1 atom stereocenters. The molecule has 2 aliphatic carbocycles. The van der Waals surface area contributed by atoms with Crippen LogP contribution in [0.25, 0.3) is 0 Å². The summed E-state index contributed by atoms with van der Waals surface area (Å²) in [6.45, 7) is 4.79. The third-order valence-electron chi connectivity index (χ3n) is 5.36. The van der Waals surface area contributed by atoms with E-state index in [9.17, 15) is 0 Å². The summed E-state index contributed by atoms with van der Waals surface area (Å²) in [6, 6.07) is 0.567. The predicted molar refractivity (Wildman–Crippen MR) is 72.2 cm³/mol. The molecule has 2 heteroatoms. The molecule has 17 heavy (non-hydrogen) atoms. The molecule has 2 rings (SSSR count). The molecule has 0 amide bonds. The third kappa shape index (κ3) is 2.53. The number of rotatable bonds is 4. The van der Waals surface area contributed by atoms with Gasteiger partial charge in [-0.25, -0.2) is 0 Å². The molecule has 2 saturated carbocycles. The Hall–Kier alpha value is -0.0800. The van der Waals surface area contributed by atoms with Gasteiger partial charge in [0.2, 0.25) is 0 Å². The quantitative estimate of drug-likeness (QED) is 0.812. The maximum absolute atomic E-state index is 6.02. The molecule has 2 fully saturated rings. The van der Waals surface area contributed by atoms with Crippen LogP contribution in [0.4, 0.5) is 0 Å². The van der Waals surface area contributed by atoms with Crippen LogP contribution in [0.1, 0.15) is 58.8 Å². The summed E-state index contributed by atoms with van der Waals surface area (Å²) in [5, 5.41) is 3.57. The number of hydrogen-bond acceptors (Lipinski definition) is 2. The van der Waals surface area contributed by atoms with E-state index in [2.05, 4.69) is 26.2 Å². The van der Waals surface area contributed by atoms with Crippen molar-refractivity contribution in [3.05, 3.63) is 0 Å². The summed E-state index contributed by atoms with van der Waals surface area (Å²) in [5.74, 6) is 0.848. The van der Waals surface area contributed by atoms with Crippen LogP contribution in [0.2, 0.25) is 0 Å². The molecule has 0 aliphatic heterocycles.